The highest BCUT2D eigenvalue weighted by Gasteiger charge is 2.73. The third kappa shape index (κ3) is 3.94. The number of alkyl halides is 7. The van der Waals surface area contributed by atoms with Gasteiger partial charge in [0.1, 0.15) is 0 Å². The summed E-state index contributed by atoms with van der Waals surface area (Å²) >= 11 is 0. The van der Waals surface area contributed by atoms with Crippen LogP contribution in [0.5, 0.6) is 0 Å². The Morgan fingerprint density at radius 2 is 1.68 bits per heavy atom. The molecule has 1 amide bonds. The van der Waals surface area contributed by atoms with E-state index in [0.29, 0.717) is 24.1 Å². The van der Waals surface area contributed by atoms with Crippen LogP contribution in [0.2, 0.25) is 0 Å². The van der Waals surface area contributed by atoms with Crippen LogP contribution in [0.25, 0.3) is 0 Å². The summed E-state index contributed by atoms with van der Waals surface area (Å²) < 4.78 is 114. The van der Waals surface area contributed by atoms with Crippen molar-refractivity contribution in [2.75, 3.05) is 19.8 Å². The summed E-state index contributed by atoms with van der Waals surface area (Å²) in [6, 6.07) is 1.83. The van der Waals surface area contributed by atoms with Gasteiger partial charge in [0.25, 0.3) is 0 Å². The second-order valence-electron chi connectivity index (χ2n) is 9.14. The summed E-state index contributed by atoms with van der Waals surface area (Å²) in [6.45, 7) is 1.09. The zero-order chi connectivity index (χ0) is 25.3. The average Bonchev–Trinajstić information content (AvgIpc) is 3.17. The van der Waals surface area contributed by atoms with E-state index in [0.717, 1.165) is 6.07 Å². The normalized spacial score (nSPS) is 32.3. The molecule has 0 spiro atoms. The van der Waals surface area contributed by atoms with Gasteiger partial charge in [-0.1, -0.05) is 18.2 Å². The number of phosphoric ester groups is 1. The van der Waals surface area contributed by atoms with Gasteiger partial charge in [0.2, 0.25) is 5.91 Å². The van der Waals surface area contributed by atoms with Crippen LogP contribution in [0.4, 0.5) is 30.7 Å². The fourth-order valence-corrected chi connectivity index (χ4v) is 5.98. The molecule has 2 heterocycles. The first-order chi connectivity index (χ1) is 15.5. The van der Waals surface area contributed by atoms with Gasteiger partial charge in [-0.3, -0.25) is 13.8 Å². The van der Waals surface area contributed by atoms with Crippen LogP contribution in [-0.4, -0.2) is 53.9 Å². The predicted molar refractivity (Wildman–Crippen MR) is 102 cm³/mol. The molecule has 1 aromatic rings. The van der Waals surface area contributed by atoms with E-state index in [9.17, 15) is 45.0 Å². The molecule has 2 saturated heterocycles. The van der Waals surface area contributed by atoms with E-state index >= 15 is 0 Å². The lowest BCUT2D eigenvalue weighted by Gasteiger charge is -2.40. The third-order valence-electron chi connectivity index (χ3n) is 6.85. The van der Waals surface area contributed by atoms with Crippen molar-refractivity contribution < 1.29 is 54.0 Å². The van der Waals surface area contributed by atoms with Gasteiger partial charge in [0, 0.05) is 24.1 Å². The Kier molecular flexibility index (Phi) is 5.91. The number of hydrogen-bond acceptors (Lipinski definition) is 4. The summed E-state index contributed by atoms with van der Waals surface area (Å²) in [5, 5.41) is 0. The molecule has 1 unspecified atom stereocenters. The molecule has 0 radical (unpaired) electrons. The van der Waals surface area contributed by atoms with E-state index in [2.05, 4.69) is 0 Å². The molecule has 190 valence electrons. The molecule has 14 heteroatoms. The summed E-state index contributed by atoms with van der Waals surface area (Å²) in [4.78, 5) is 24.1. The topological polar surface area (TPSA) is 76.1 Å². The van der Waals surface area contributed by atoms with Gasteiger partial charge in [-0.15, -0.1) is 0 Å². The molecular weight excluding hydrogens is 498 g/mol. The lowest BCUT2D eigenvalue weighted by atomic mass is 9.77. The Balaban J connectivity index is 1.60. The first-order valence-electron chi connectivity index (χ1n) is 10.4. The van der Waals surface area contributed by atoms with Crippen molar-refractivity contribution in [2.45, 2.75) is 56.2 Å². The Morgan fingerprint density at radius 1 is 1.09 bits per heavy atom. The number of rotatable bonds is 2. The van der Waals surface area contributed by atoms with E-state index < -0.39 is 42.7 Å². The highest BCUT2D eigenvalue weighted by atomic mass is 31.2. The van der Waals surface area contributed by atoms with Crippen LogP contribution in [0, 0.1) is 5.41 Å². The number of fused-ring (bicyclic) bond motifs is 3. The van der Waals surface area contributed by atoms with E-state index in [1.165, 1.54) is 6.92 Å². The molecule has 0 aromatic heterocycles. The van der Waals surface area contributed by atoms with E-state index in [-0.39, 0.29) is 50.1 Å². The molecule has 1 aromatic carbocycles. The van der Waals surface area contributed by atoms with Crippen LogP contribution in [0.15, 0.2) is 18.2 Å². The average molecular weight is 519 g/mol. The fourth-order valence-electron chi connectivity index (χ4n) is 5.01. The fraction of sp³-hybridized carbons (Fsp3) is 0.650. The maximum atomic E-state index is 14.5. The molecule has 34 heavy (non-hydrogen) atoms. The summed E-state index contributed by atoms with van der Waals surface area (Å²) in [5.74, 6) is -0.748. The molecule has 0 bridgehead atoms. The number of phosphoric acid groups is 1. The van der Waals surface area contributed by atoms with Gasteiger partial charge in [0.15, 0.2) is 0 Å². The minimum atomic E-state index is -6.19. The Bertz CT molecular complexity index is 1020. The standard InChI is InChI=1S/C20H21F7NO5P/c1-17(9-32-34(30,31)33-10-17)16(29)28-7-6-14-13-4-3-12(8-11(13)2-5-15(14)28)18(21,19(22,23)24)20(25,26)27/h3-4,8,14-15H,2,5-7,9-10H2,1H3,(H,30,31)/t14-,15?/m0/s1. The molecule has 2 fully saturated rings. The lowest BCUT2D eigenvalue weighted by molar-refractivity contribution is -0.348. The molecule has 2 aliphatic heterocycles. The van der Waals surface area contributed by atoms with Gasteiger partial charge in [-0.05, 0) is 37.3 Å². The van der Waals surface area contributed by atoms with Gasteiger partial charge in [-0.2, -0.15) is 26.3 Å². The largest absolute Gasteiger partial charge is 0.472 e. The number of benzene rings is 1. The molecule has 1 aliphatic carbocycles. The first kappa shape index (κ1) is 25.4. The second kappa shape index (κ2) is 7.91. The van der Waals surface area contributed by atoms with Crippen LogP contribution >= 0.6 is 7.82 Å². The van der Waals surface area contributed by atoms with Gasteiger partial charge in [0.05, 0.1) is 18.6 Å². The number of nitrogens with zero attached hydrogens (tertiary/aromatic N) is 1. The number of carbonyl (C=O) groups is 1. The Hall–Kier alpha value is -1.69. The quantitative estimate of drug-likeness (QED) is 0.451. The van der Waals surface area contributed by atoms with Crippen molar-refractivity contribution in [1.29, 1.82) is 0 Å². The number of carbonyl (C=O) groups excluding carboxylic acids is 1. The molecule has 2 atom stereocenters. The number of amides is 1. The number of hydrogen-bond donors (Lipinski definition) is 1. The van der Waals surface area contributed by atoms with E-state index in [1.54, 1.807) is 4.90 Å². The summed E-state index contributed by atoms with van der Waals surface area (Å²) in [5.41, 5.74) is -7.59. The zero-order valence-electron chi connectivity index (χ0n) is 17.7. The van der Waals surface area contributed by atoms with Gasteiger partial charge >= 0.3 is 25.8 Å². The molecule has 6 nitrogen and oxygen atoms in total. The molecule has 1 N–H and O–H groups in total. The van der Waals surface area contributed by atoms with E-state index in [1.807, 2.05) is 0 Å². The molecule has 4 rings (SSSR count). The minimum Gasteiger partial charge on any atom is -0.338 e. The van der Waals surface area contributed by atoms with Gasteiger partial charge < -0.3 is 9.79 Å². The van der Waals surface area contributed by atoms with Crippen LogP contribution in [-0.2, 0) is 30.5 Å². The first-order valence-corrected chi connectivity index (χ1v) is 11.9. The second-order valence-corrected chi connectivity index (χ2v) is 10.6. The highest BCUT2D eigenvalue weighted by Crippen LogP contribution is 2.55. The predicted octanol–water partition coefficient (Wildman–Crippen LogP) is 4.76. The van der Waals surface area contributed by atoms with E-state index in [4.69, 9.17) is 9.05 Å². The van der Waals surface area contributed by atoms with Crippen LogP contribution in [0.1, 0.15) is 42.4 Å². The number of likely N-dealkylation sites (tertiary alicyclic amines) is 1. The number of aryl methyl sites for hydroxylation is 1. The summed E-state index contributed by atoms with van der Waals surface area (Å²) in [7, 11) is -4.21. The number of halogens is 7. The van der Waals surface area contributed by atoms with Crippen molar-refractivity contribution >= 4 is 13.7 Å². The van der Waals surface area contributed by atoms with Crippen LogP contribution < -0.4 is 0 Å². The minimum absolute atomic E-state index is 0.0511. The Labute approximate surface area is 189 Å². The van der Waals surface area contributed by atoms with Crippen molar-refractivity contribution in [3.8, 4) is 0 Å². The SMILES string of the molecule is CC1(C(=O)N2CC[C@H]3c4ccc(C(F)(C(F)(F)F)C(F)(F)F)cc4CCC32)COP(=O)(O)OC1. The lowest BCUT2D eigenvalue weighted by Crippen LogP contribution is -2.51. The van der Waals surface area contributed by atoms with Gasteiger partial charge in [-0.25, -0.2) is 8.96 Å². The highest BCUT2D eigenvalue weighted by molar-refractivity contribution is 7.47. The molecule has 3 aliphatic rings. The molecular formula is C20H21F7NO5P. The monoisotopic (exact) mass is 519 g/mol. The van der Waals surface area contributed by atoms with Crippen LogP contribution in [0.3, 0.4) is 0 Å². The Morgan fingerprint density at radius 3 is 2.24 bits per heavy atom. The third-order valence-corrected chi connectivity index (χ3v) is 7.76. The maximum Gasteiger partial charge on any atom is 0.472 e. The summed E-state index contributed by atoms with van der Waals surface area (Å²) in [6.07, 6.45) is -11.7. The van der Waals surface area contributed by atoms with Crippen molar-refractivity contribution in [3.63, 3.8) is 0 Å². The smallest absolute Gasteiger partial charge is 0.338 e. The van der Waals surface area contributed by atoms with Crippen molar-refractivity contribution in [1.82, 2.24) is 4.90 Å². The zero-order valence-corrected chi connectivity index (χ0v) is 18.6. The van der Waals surface area contributed by atoms with Crippen molar-refractivity contribution in [2.24, 2.45) is 5.41 Å². The molecule has 0 saturated carbocycles. The van der Waals surface area contributed by atoms with Crippen molar-refractivity contribution in [3.05, 3.63) is 34.9 Å². The maximum absolute atomic E-state index is 14.5.